The van der Waals surface area contributed by atoms with E-state index in [-0.39, 0.29) is 17.8 Å². The van der Waals surface area contributed by atoms with Crippen molar-refractivity contribution in [3.63, 3.8) is 0 Å². The van der Waals surface area contributed by atoms with Gasteiger partial charge in [-0.2, -0.15) is 9.78 Å². The van der Waals surface area contributed by atoms with E-state index in [4.69, 9.17) is 21.4 Å². The SMILES string of the molecule is O=C(O)c1ccn(C(=O)N2C[C@H]3CC(OCc4ccccc4Cl)C[C@H]3C2)n1. The maximum Gasteiger partial charge on any atom is 0.356 e. The third-order valence-corrected chi connectivity index (χ3v) is 5.78. The molecule has 1 saturated heterocycles. The maximum absolute atomic E-state index is 12.5. The number of halogens is 1. The lowest BCUT2D eigenvalue weighted by Crippen LogP contribution is -2.34. The van der Waals surface area contributed by atoms with Crippen LogP contribution in [0.3, 0.4) is 0 Å². The number of carbonyl (C=O) groups is 2. The lowest BCUT2D eigenvalue weighted by molar-refractivity contribution is 0.0384. The van der Waals surface area contributed by atoms with Gasteiger partial charge in [-0.3, -0.25) is 0 Å². The Morgan fingerprint density at radius 1 is 1.19 bits per heavy atom. The highest BCUT2D eigenvalue weighted by atomic mass is 35.5. The Labute approximate surface area is 161 Å². The number of aromatic nitrogens is 2. The Bertz CT molecular complexity index is 854. The Morgan fingerprint density at radius 3 is 2.52 bits per heavy atom. The zero-order valence-electron chi connectivity index (χ0n) is 14.6. The first kappa shape index (κ1) is 18.0. The van der Waals surface area contributed by atoms with Crippen LogP contribution in [-0.2, 0) is 11.3 Å². The Kier molecular flexibility index (Phi) is 4.88. The van der Waals surface area contributed by atoms with E-state index in [1.165, 1.54) is 12.3 Å². The van der Waals surface area contributed by atoms with E-state index in [0.29, 0.717) is 36.6 Å². The molecule has 2 fully saturated rings. The second-order valence-corrected chi connectivity index (χ2v) is 7.56. The molecule has 1 amide bonds. The Morgan fingerprint density at radius 2 is 1.89 bits per heavy atom. The van der Waals surface area contributed by atoms with Gasteiger partial charge < -0.3 is 14.7 Å². The number of aromatic carboxylic acids is 1. The minimum atomic E-state index is -1.14. The highest BCUT2D eigenvalue weighted by Gasteiger charge is 2.43. The summed E-state index contributed by atoms with van der Waals surface area (Å²) >= 11 is 6.17. The molecular weight excluding hydrogens is 370 g/mol. The molecule has 1 aliphatic carbocycles. The maximum atomic E-state index is 12.5. The molecule has 0 radical (unpaired) electrons. The molecule has 2 aliphatic rings. The van der Waals surface area contributed by atoms with E-state index in [2.05, 4.69) is 5.10 Å². The van der Waals surface area contributed by atoms with Crippen molar-refractivity contribution in [1.82, 2.24) is 14.7 Å². The predicted molar refractivity (Wildman–Crippen MR) is 97.8 cm³/mol. The summed E-state index contributed by atoms with van der Waals surface area (Å²) < 4.78 is 7.15. The van der Waals surface area contributed by atoms with Crippen LogP contribution in [0.2, 0.25) is 5.02 Å². The first-order valence-corrected chi connectivity index (χ1v) is 9.32. The molecule has 142 valence electrons. The number of carboxylic acid groups (broad SMARTS) is 1. The largest absolute Gasteiger partial charge is 0.476 e. The number of carboxylic acids is 1. The van der Waals surface area contributed by atoms with E-state index in [1.54, 1.807) is 4.90 Å². The van der Waals surface area contributed by atoms with Crippen molar-refractivity contribution >= 4 is 23.6 Å². The summed E-state index contributed by atoms with van der Waals surface area (Å²) in [6.07, 6.45) is 3.41. The number of carbonyl (C=O) groups excluding carboxylic acids is 1. The number of hydrogen-bond donors (Lipinski definition) is 1. The minimum Gasteiger partial charge on any atom is -0.476 e. The molecule has 1 saturated carbocycles. The fourth-order valence-corrected chi connectivity index (χ4v) is 4.24. The minimum absolute atomic E-state index is 0.129. The van der Waals surface area contributed by atoms with Crippen LogP contribution in [0.4, 0.5) is 4.79 Å². The lowest BCUT2D eigenvalue weighted by atomic mass is 10.0. The van der Waals surface area contributed by atoms with E-state index in [1.807, 2.05) is 24.3 Å². The molecule has 2 aromatic rings. The second-order valence-electron chi connectivity index (χ2n) is 7.15. The van der Waals surface area contributed by atoms with Crippen LogP contribution >= 0.6 is 11.6 Å². The van der Waals surface area contributed by atoms with Crippen molar-refractivity contribution in [2.45, 2.75) is 25.6 Å². The number of ether oxygens (including phenoxy) is 1. The standard InChI is InChI=1S/C19H20ClN3O4/c20-16-4-2-1-3-12(16)11-27-15-7-13-9-22(10-14(13)8-15)19(26)23-6-5-17(21-23)18(24)25/h1-6,13-15H,7-11H2,(H,24,25)/t13-,14+,15?. The smallest absolute Gasteiger partial charge is 0.356 e. The van der Waals surface area contributed by atoms with Gasteiger partial charge in [0.1, 0.15) is 0 Å². The average molecular weight is 390 g/mol. The first-order chi connectivity index (χ1) is 13.0. The van der Waals surface area contributed by atoms with E-state index in [9.17, 15) is 9.59 Å². The van der Waals surface area contributed by atoms with E-state index < -0.39 is 5.97 Å². The van der Waals surface area contributed by atoms with Gasteiger partial charge in [-0.05, 0) is 42.4 Å². The van der Waals surface area contributed by atoms with Gasteiger partial charge in [-0.1, -0.05) is 29.8 Å². The van der Waals surface area contributed by atoms with Crippen LogP contribution < -0.4 is 0 Å². The summed E-state index contributed by atoms with van der Waals surface area (Å²) in [6.45, 7) is 1.80. The number of hydrogen-bond acceptors (Lipinski definition) is 4. The summed E-state index contributed by atoms with van der Waals surface area (Å²) in [7, 11) is 0. The van der Waals surface area contributed by atoms with E-state index in [0.717, 1.165) is 23.1 Å². The number of fused-ring (bicyclic) bond motifs is 1. The van der Waals surface area contributed by atoms with Crippen molar-refractivity contribution in [3.8, 4) is 0 Å². The summed E-state index contributed by atoms with van der Waals surface area (Å²) in [5.41, 5.74) is 0.858. The normalized spacial score (nSPS) is 24.2. The zero-order valence-corrected chi connectivity index (χ0v) is 15.4. The number of nitrogens with zero attached hydrogens (tertiary/aromatic N) is 3. The second kappa shape index (κ2) is 7.32. The third kappa shape index (κ3) is 3.70. The molecule has 1 aliphatic heterocycles. The zero-order chi connectivity index (χ0) is 19.0. The molecular formula is C19H20ClN3O4. The van der Waals surface area contributed by atoms with Crippen molar-refractivity contribution in [2.24, 2.45) is 11.8 Å². The van der Waals surface area contributed by atoms with Crippen LogP contribution in [0.5, 0.6) is 0 Å². The highest BCUT2D eigenvalue weighted by molar-refractivity contribution is 6.31. The summed E-state index contributed by atoms with van der Waals surface area (Å²) in [5, 5.41) is 13.5. The highest BCUT2D eigenvalue weighted by Crippen LogP contribution is 2.40. The molecule has 1 aromatic heterocycles. The van der Waals surface area contributed by atoms with Gasteiger partial charge in [0.2, 0.25) is 0 Å². The van der Waals surface area contributed by atoms with Crippen LogP contribution in [0.1, 0.15) is 28.9 Å². The third-order valence-electron chi connectivity index (χ3n) is 5.41. The summed E-state index contributed by atoms with van der Waals surface area (Å²) in [4.78, 5) is 25.2. The first-order valence-electron chi connectivity index (χ1n) is 8.94. The molecule has 7 nitrogen and oxygen atoms in total. The Hall–Kier alpha value is -2.38. The topological polar surface area (TPSA) is 84.7 Å². The molecule has 1 aromatic carbocycles. The van der Waals surface area contributed by atoms with Gasteiger partial charge in [0.15, 0.2) is 5.69 Å². The fourth-order valence-electron chi connectivity index (χ4n) is 4.05. The van der Waals surface area contributed by atoms with Crippen molar-refractivity contribution in [3.05, 3.63) is 52.8 Å². The van der Waals surface area contributed by atoms with Crippen molar-refractivity contribution < 1.29 is 19.4 Å². The summed E-state index contributed by atoms with van der Waals surface area (Å²) in [6, 6.07) is 8.73. The molecule has 2 heterocycles. The number of likely N-dealkylation sites (tertiary alicyclic amines) is 1. The molecule has 27 heavy (non-hydrogen) atoms. The van der Waals surface area contributed by atoms with Crippen molar-refractivity contribution in [1.29, 1.82) is 0 Å². The van der Waals surface area contributed by atoms with Crippen LogP contribution in [0.15, 0.2) is 36.5 Å². The van der Waals surface area contributed by atoms with Crippen LogP contribution in [0.25, 0.3) is 0 Å². The molecule has 1 N–H and O–H groups in total. The molecule has 3 atom stereocenters. The van der Waals surface area contributed by atoms with Crippen LogP contribution in [-0.4, -0.2) is 51.0 Å². The van der Waals surface area contributed by atoms with Crippen molar-refractivity contribution in [2.75, 3.05) is 13.1 Å². The van der Waals surface area contributed by atoms with E-state index >= 15 is 0 Å². The summed E-state index contributed by atoms with van der Waals surface area (Å²) in [5.74, 6) is -0.335. The molecule has 0 bridgehead atoms. The van der Waals surface area contributed by atoms with Crippen LogP contribution in [0, 0.1) is 11.8 Å². The molecule has 0 spiro atoms. The molecule has 1 unspecified atom stereocenters. The van der Waals surface area contributed by atoms with Gasteiger partial charge in [0, 0.05) is 24.3 Å². The predicted octanol–water partition coefficient (Wildman–Crippen LogP) is 3.13. The number of rotatable bonds is 4. The molecule has 4 rings (SSSR count). The number of amides is 1. The number of benzene rings is 1. The van der Waals surface area contributed by atoms with Gasteiger partial charge in [0.25, 0.3) is 0 Å². The fraction of sp³-hybridized carbons (Fsp3) is 0.421. The van der Waals surface area contributed by atoms with Gasteiger partial charge in [-0.15, -0.1) is 0 Å². The average Bonchev–Trinajstić information content (AvgIpc) is 3.35. The monoisotopic (exact) mass is 389 g/mol. The van der Waals surface area contributed by atoms with Gasteiger partial charge >= 0.3 is 12.0 Å². The quantitative estimate of drug-likeness (QED) is 0.868. The van der Waals surface area contributed by atoms with Gasteiger partial charge in [-0.25, -0.2) is 9.59 Å². The molecule has 8 heteroatoms. The Balaban J connectivity index is 1.31. The lowest BCUT2D eigenvalue weighted by Gasteiger charge is -2.19. The van der Waals surface area contributed by atoms with Gasteiger partial charge in [0.05, 0.1) is 12.7 Å².